The van der Waals surface area contributed by atoms with E-state index in [4.69, 9.17) is 23.7 Å². The molecule has 2 aromatic rings. The maximum absolute atomic E-state index is 14.4. The van der Waals surface area contributed by atoms with Crippen molar-refractivity contribution in [2.75, 3.05) is 53.2 Å². The van der Waals surface area contributed by atoms with Gasteiger partial charge in [0.2, 0.25) is 10.0 Å². The standard InChI is InChI=1S/C35H49N3O11S/c1-35(2,14-7-8-15-36-33(40)44-3)23-38(50(42,43)25-11-12-29-30(20-25)46-18-17-45-29)21-28(39)27(19-24-9-5-4-6-10-24)37-34(41)49-31-22-48-32-26(31)13-16-47-32/h4-6,9-12,20,26-28,31-32,39H,7-8,13-19,21-23H2,1-3H3,(H,36,40)(H,37,41)/t26-,27-,28-,31-,32+/m0/s1. The summed E-state index contributed by atoms with van der Waals surface area (Å²) in [6, 6.07) is 12.9. The molecule has 2 saturated heterocycles. The van der Waals surface area contributed by atoms with Gasteiger partial charge in [0.15, 0.2) is 17.8 Å². The van der Waals surface area contributed by atoms with E-state index < -0.39 is 52.2 Å². The van der Waals surface area contributed by atoms with E-state index in [9.17, 15) is 23.1 Å². The summed E-state index contributed by atoms with van der Waals surface area (Å²) in [4.78, 5) is 24.7. The van der Waals surface area contributed by atoms with Crippen molar-refractivity contribution in [2.45, 2.75) is 75.4 Å². The number of hydrogen-bond acceptors (Lipinski definition) is 11. The summed E-state index contributed by atoms with van der Waals surface area (Å²) in [6.45, 7) is 5.49. The lowest BCUT2D eigenvalue weighted by atomic mass is 9.87. The predicted octanol–water partition coefficient (Wildman–Crippen LogP) is 3.46. The van der Waals surface area contributed by atoms with Gasteiger partial charge in [-0.3, -0.25) is 0 Å². The lowest BCUT2D eigenvalue weighted by Gasteiger charge is -2.35. The molecule has 0 saturated carbocycles. The van der Waals surface area contributed by atoms with Gasteiger partial charge in [-0.2, -0.15) is 4.31 Å². The topological polar surface area (TPSA) is 171 Å². The van der Waals surface area contributed by atoms with Crippen LogP contribution in [0, 0.1) is 11.3 Å². The second kappa shape index (κ2) is 17.1. The minimum absolute atomic E-state index is 0.00595. The third-order valence-electron chi connectivity index (χ3n) is 9.19. The van der Waals surface area contributed by atoms with E-state index in [0.29, 0.717) is 63.5 Å². The molecule has 15 heteroatoms. The molecule has 0 aromatic heterocycles. The van der Waals surface area contributed by atoms with Gasteiger partial charge in [0, 0.05) is 25.7 Å². The van der Waals surface area contributed by atoms with E-state index in [1.807, 2.05) is 44.2 Å². The van der Waals surface area contributed by atoms with Crippen LogP contribution in [0.25, 0.3) is 0 Å². The van der Waals surface area contributed by atoms with Gasteiger partial charge in [0.25, 0.3) is 0 Å². The van der Waals surface area contributed by atoms with Crippen molar-refractivity contribution >= 4 is 22.2 Å². The molecule has 2 amide bonds. The van der Waals surface area contributed by atoms with Gasteiger partial charge in [0.05, 0.1) is 43.3 Å². The smallest absolute Gasteiger partial charge is 0.407 e. The van der Waals surface area contributed by atoms with Crippen LogP contribution in [-0.2, 0) is 35.4 Å². The van der Waals surface area contributed by atoms with Crippen molar-refractivity contribution in [3.63, 3.8) is 0 Å². The number of sulfonamides is 1. The zero-order valence-corrected chi connectivity index (χ0v) is 29.7. The Kier molecular flexibility index (Phi) is 12.8. The van der Waals surface area contributed by atoms with Gasteiger partial charge in [-0.1, -0.05) is 50.6 Å². The summed E-state index contributed by atoms with van der Waals surface area (Å²) in [7, 11) is -2.88. The summed E-state index contributed by atoms with van der Waals surface area (Å²) in [5, 5.41) is 17.3. The van der Waals surface area contributed by atoms with Crippen LogP contribution < -0.4 is 20.1 Å². The zero-order valence-electron chi connectivity index (χ0n) is 28.9. The second-order valence-electron chi connectivity index (χ2n) is 13.6. The number of alkyl carbamates (subject to hydrolysis) is 2. The molecule has 3 N–H and O–H groups in total. The predicted molar refractivity (Wildman–Crippen MR) is 181 cm³/mol. The largest absolute Gasteiger partial charge is 0.486 e. The van der Waals surface area contributed by atoms with E-state index in [1.165, 1.54) is 23.5 Å². The van der Waals surface area contributed by atoms with Crippen molar-refractivity contribution in [1.29, 1.82) is 0 Å². The highest BCUT2D eigenvalue weighted by Crippen LogP contribution is 2.35. The number of nitrogens with zero attached hydrogens (tertiary/aromatic N) is 1. The number of carbonyl (C=O) groups is 2. The van der Waals surface area contributed by atoms with Gasteiger partial charge in [-0.25, -0.2) is 18.0 Å². The minimum Gasteiger partial charge on any atom is -0.486 e. The van der Waals surface area contributed by atoms with Crippen molar-refractivity contribution in [2.24, 2.45) is 11.3 Å². The van der Waals surface area contributed by atoms with Crippen LogP contribution in [0.4, 0.5) is 9.59 Å². The molecule has 2 fully saturated rings. The van der Waals surface area contributed by atoms with Gasteiger partial charge < -0.3 is 44.2 Å². The zero-order chi connectivity index (χ0) is 35.7. The van der Waals surface area contributed by atoms with Crippen LogP contribution in [0.3, 0.4) is 0 Å². The average Bonchev–Trinajstić information content (AvgIpc) is 3.72. The van der Waals surface area contributed by atoms with Crippen LogP contribution in [0.5, 0.6) is 11.5 Å². The fourth-order valence-corrected chi connectivity index (χ4v) is 8.15. The number of unbranched alkanes of at least 4 members (excludes halogenated alkanes) is 1. The summed E-state index contributed by atoms with van der Waals surface area (Å²) < 4.78 is 62.8. The monoisotopic (exact) mass is 719 g/mol. The molecule has 0 radical (unpaired) electrons. The van der Waals surface area contributed by atoms with E-state index in [-0.39, 0.29) is 36.9 Å². The number of nitrogens with one attached hydrogen (secondary N) is 2. The highest BCUT2D eigenvalue weighted by atomic mass is 32.2. The van der Waals surface area contributed by atoms with Crippen molar-refractivity contribution < 1.29 is 51.5 Å². The number of fused-ring (bicyclic) bond motifs is 2. The Labute approximate surface area is 293 Å². The van der Waals surface area contributed by atoms with Crippen molar-refractivity contribution in [3.05, 3.63) is 54.1 Å². The summed E-state index contributed by atoms with van der Waals surface area (Å²) in [5.74, 6) is 0.715. The SMILES string of the molecule is COC(=O)NCCCCC(C)(C)CN(C[C@H](O)[C@H](Cc1ccccc1)NC(=O)O[C@H]1CO[C@H]2OCC[C@H]21)S(=O)(=O)c1ccc2c(c1)OCCO2. The first-order valence-electron chi connectivity index (χ1n) is 17.1. The number of ether oxygens (including phenoxy) is 6. The normalized spacial score (nSPS) is 21.3. The highest BCUT2D eigenvalue weighted by molar-refractivity contribution is 7.89. The Balaban J connectivity index is 1.35. The Morgan fingerprint density at radius 1 is 1.02 bits per heavy atom. The maximum atomic E-state index is 14.4. The molecule has 0 aliphatic carbocycles. The summed E-state index contributed by atoms with van der Waals surface area (Å²) in [6.07, 6.45) is -0.508. The van der Waals surface area contributed by atoms with E-state index in [2.05, 4.69) is 15.4 Å². The van der Waals surface area contributed by atoms with Crippen LogP contribution in [0.2, 0.25) is 0 Å². The Bertz CT molecular complexity index is 1540. The molecule has 0 unspecified atom stereocenters. The molecule has 14 nitrogen and oxygen atoms in total. The molecular weight excluding hydrogens is 670 g/mol. The van der Waals surface area contributed by atoms with E-state index >= 15 is 0 Å². The number of methoxy groups -OCH3 is 1. The molecule has 3 aliphatic rings. The second-order valence-corrected chi connectivity index (χ2v) is 15.6. The fourth-order valence-electron chi connectivity index (χ4n) is 6.49. The average molecular weight is 720 g/mol. The molecule has 2 aromatic carbocycles. The molecule has 276 valence electrons. The lowest BCUT2D eigenvalue weighted by Crippen LogP contribution is -2.52. The van der Waals surface area contributed by atoms with Gasteiger partial charge in [-0.05, 0) is 48.8 Å². The van der Waals surface area contributed by atoms with Crippen molar-refractivity contribution in [3.8, 4) is 11.5 Å². The van der Waals surface area contributed by atoms with E-state index in [1.54, 1.807) is 6.07 Å². The van der Waals surface area contributed by atoms with Crippen LogP contribution in [0.15, 0.2) is 53.4 Å². The van der Waals surface area contributed by atoms with Gasteiger partial charge >= 0.3 is 12.2 Å². The Morgan fingerprint density at radius 2 is 1.78 bits per heavy atom. The number of amides is 2. The molecule has 3 heterocycles. The van der Waals surface area contributed by atoms with Crippen LogP contribution in [-0.4, -0.2) is 108 Å². The van der Waals surface area contributed by atoms with Gasteiger partial charge in [-0.15, -0.1) is 0 Å². The molecule has 5 atom stereocenters. The molecule has 3 aliphatic heterocycles. The molecule has 5 rings (SSSR count). The number of carbonyl (C=O) groups excluding carboxylic acids is 2. The third kappa shape index (κ3) is 10.00. The first kappa shape index (κ1) is 37.6. The molecule has 0 spiro atoms. The van der Waals surface area contributed by atoms with Crippen LogP contribution >= 0.6 is 0 Å². The number of aliphatic hydroxyl groups excluding tert-OH is 1. The number of hydrogen-bond donors (Lipinski definition) is 3. The molecule has 50 heavy (non-hydrogen) atoms. The fraction of sp³-hybridized carbons (Fsp3) is 0.600. The summed E-state index contributed by atoms with van der Waals surface area (Å²) in [5.41, 5.74) is 0.308. The summed E-state index contributed by atoms with van der Waals surface area (Å²) >= 11 is 0. The number of aliphatic hydroxyl groups is 1. The number of rotatable bonds is 16. The first-order valence-corrected chi connectivity index (χ1v) is 18.5. The van der Waals surface area contributed by atoms with Crippen molar-refractivity contribution in [1.82, 2.24) is 14.9 Å². The number of benzene rings is 2. The lowest BCUT2D eigenvalue weighted by molar-refractivity contribution is -0.0907. The quantitative estimate of drug-likeness (QED) is 0.217. The Hall–Kier alpha value is -3.63. The Morgan fingerprint density at radius 3 is 2.54 bits per heavy atom. The maximum Gasteiger partial charge on any atom is 0.407 e. The highest BCUT2D eigenvalue weighted by Gasteiger charge is 2.44. The van der Waals surface area contributed by atoms with Gasteiger partial charge in [0.1, 0.15) is 19.3 Å². The first-order chi connectivity index (χ1) is 23.9. The molecule has 0 bridgehead atoms. The van der Waals surface area contributed by atoms with Crippen LogP contribution in [0.1, 0.15) is 45.1 Å². The third-order valence-corrected chi connectivity index (χ3v) is 11.0. The van der Waals surface area contributed by atoms with E-state index in [0.717, 1.165) is 5.56 Å². The minimum atomic E-state index is -4.19. The molecular formula is C35H49N3O11S.